The number of nitrogens with zero attached hydrogens (tertiary/aromatic N) is 4. The zero-order valence-corrected chi connectivity index (χ0v) is 15.3. The smallest absolute Gasteiger partial charge is 0.271 e. The van der Waals surface area contributed by atoms with Crippen LogP contribution in [0, 0.1) is 35.4 Å². The number of halogens is 1. The van der Waals surface area contributed by atoms with Crippen molar-refractivity contribution in [1.82, 2.24) is 9.55 Å². The van der Waals surface area contributed by atoms with Crippen LogP contribution in [0.5, 0.6) is 0 Å². The summed E-state index contributed by atoms with van der Waals surface area (Å²) in [6, 6.07) is 9.56. The van der Waals surface area contributed by atoms with Crippen molar-refractivity contribution in [3.8, 4) is 18.4 Å². The molecule has 142 valence electrons. The van der Waals surface area contributed by atoms with E-state index < -0.39 is 5.56 Å². The third-order valence-electron chi connectivity index (χ3n) is 5.12. The second kappa shape index (κ2) is 7.21. The van der Waals surface area contributed by atoms with Crippen molar-refractivity contribution in [2.24, 2.45) is 5.92 Å². The molecule has 7 heteroatoms. The Labute approximate surface area is 165 Å². The number of carbonyl (C=O) groups is 1. The number of terminal acetylenes is 1. The molecule has 3 aromatic rings. The molecule has 1 fully saturated rings. The Bertz CT molecular complexity index is 1260. The first-order chi connectivity index (χ1) is 14.0. The molecule has 1 aliphatic rings. The maximum Gasteiger partial charge on any atom is 0.271 e. The SMILES string of the molecule is C#CC(=O)C1CN(c2c(C#N)c(=O)n(Cc3ccc(F)cc3)c3ccncc23)C1. The largest absolute Gasteiger partial charge is 0.368 e. The van der Waals surface area contributed by atoms with Gasteiger partial charge in [-0.25, -0.2) is 4.39 Å². The van der Waals surface area contributed by atoms with Crippen molar-refractivity contribution >= 4 is 22.4 Å². The number of hydrogen-bond acceptors (Lipinski definition) is 5. The lowest BCUT2D eigenvalue weighted by Crippen LogP contribution is -2.51. The van der Waals surface area contributed by atoms with Crippen LogP contribution in [0.3, 0.4) is 0 Å². The van der Waals surface area contributed by atoms with Crippen molar-refractivity contribution in [2.45, 2.75) is 6.54 Å². The average molecular weight is 386 g/mol. The molecule has 0 spiro atoms. The third kappa shape index (κ3) is 3.13. The van der Waals surface area contributed by atoms with E-state index in [1.165, 1.54) is 16.7 Å². The summed E-state index contributed by atoms with van der Waals surface area (Å²) in [6.07, 6.45) is 8.35. The van der Waals surface area contributed by atoms with Gasteiger partial charge in [-0.15, -0.1) is 6.42 Å². The normalized spacial score (nSPS) is 13.6. The monoisotopic (exact) mass is 386 g/mol. The summed E-state index contributed by atoms with van der Waals surface area (Å²) in [4.78, 5) is 30.8. The van der Waals surface area contributed by atoms with Crippen LogP contribution in [0.4, 0.5) is 10.1 Å². The highest BCUT2D eigenvalue weighted by molar-refractivity contribution is 6.00. The Morgan fingerprint density at radius 2 is 2.00 bits per heavy atom. The van der Waals surface area contributed by atoms with Gasteiger partial charge in [0.15, 0.2) is 0 Å². The lowest BCUT2D eigenvalue weighted by Gasteiger charge is -2.40. The Morgan fingerprint density at radius 1 is 1.28 bits per heavy atom. The van der Waals surface area contributed by atoms with Crippen LogP contribution >= 0.6 is 0 Å². The van der Waals surface area contributed by atoms with E-state index in [0.29, 0.717) is 29.7 Å². The summed E-state index contributed by atoms with van der Waals surface area (Å²) in [5.74, 6) is 1.17. The molecule has 0 bridgehead atoms. The molecule has 1 aliphatic heterocycles. The van der Waals surface area contributed by atoms with E-state index in [1.54, 1.807) is 30.6 Å². The van der Waals surface area contributed by atoms with Crippen LogP contribution in [0.2, 0.25) is 0 Å². The van der Waals surface area contributed by atoms with Gasteiger partial charge in [0, 0.05) is 30.9 Å². The molecule has 1 saturated heterocycles. The van der Waals surface area contributed by atoms with Crippen LogP contribution in [-0.4, -0.2) is 28.4 Å². The maximum absolute atomic E-state index is 13.2. The molecule has 0 saturated carbocycles. The van der Waals surface area contributed by atoms with Gasteiger partial charge in [-0.2, -0.15) is 5.26 Å². The first kappa shape index (κ1) is 18.4. The summed E-state index contributed by atoms with van der Waals surface area (Å²) in [5, 5.41) is 10.4. The van der Waals surface area contributed by atoms with Crippen molar-refractivity contribution in [2.75, 3.05) is 18.0 Å². The van der Waals surface area contributed by atoms with Crippen molar-refractivity contribution in [1.29, 1.82) is 5.26 Å². The third-order valence-corrected chi connectivity index (χ3v) is 5.12. The highest BCUT2D eigenvalue weighted by Gasteiger charge is 2.35. The van der Waals surface area contributed by atoms with E-state index >= 15 is 0 Å². The molecule has 4 rings (SSSR count). The molecular weight excluding hydrogens is 371 g/mol. The van der Waals surface area contributed by atoms with Crippen LogP contribution in [0.25, 0.3) is 10.9 Å². The number of fused-ring (bicyclic) bond motifs is 1. The molecule has 0 amide bonds. The summed E-state index contributed by atoms with van der Waals surface area (Å²) in [6.45, 7) is 0.888. The first-order valence-corrected chi connectivity index (χ1v) is 8.94. The number of benzene rings is 1. The number of anilines is 1. The molecule has 3 heterocycles. The standard InChI is InChI=1S/C22H15FN4O2/c1-2-20(28)15-12-26(13-15)21-17(9-24)22(29)27(19-7-8-25-10-18(19)21)11-14-3-5-16(23)6-4-14/h1,3-8,10,15H,11-13H2. The summed E-state index contributed by atoms with van der Waals surface area (Å²) in [5.41, 5.74) is 1.34. The predicted octanol–water partition coefficient (Wildman–Crippen LogP) is 2.09. The maximum atomic E-state index is 13.2. The minimum absolute atomic E-state index is 0.0146. The van der Waals surface area contributed by atoms with Gasteiger partial charge in [0.1, 0.15) is 17.4 Å². The second-order valence-electron chi connectivity index (χ2n) is 6.86. The molecule has 0 aliphatic carbocycles. The number of pyridine rings is 2. The van der Waals surface area contributed by atoms with Gasteiger partial charge < -0.3 is 9.47 Å². The summed E-state index contributed by atoms with van der Waals surface area (Å²) in [7, 11) is 0. The van der Waals surface area contributed by atoms with Crippen LogP contribution < -0.4 is 10.5 Å². The van der Waals surface area contributed by atoms with E-state index in [-0.39, 0.29) is 29.6 Å². The zero-order chi connectivity index (χ0) is 20.5. The average Bonchev–Trinajstić information content (AvgIpc) is 2.71. The predicted molar refractivity (Wildman–Crippen MR) is 106 cm³/mol. The quantitative estimate of drug-likeness (QED) is 0.507. The molecule has 0 radical (unpaired) electrons. The van der Waals surface area contributed by atoms with Gasteiger partial charge in [-0.3, -0.25) is 14.6 Å². The van der Waals surface area contributed by atoms with Crippen molar-refractivity contribution in [3.05, 3.63) is 70.0 Å². The molecular formula is C22H15FN4O2. The van der Waals surface area contributed by atoms with Crippen molar-refractivity contribution < 1.29 is 9.18 Å². The number of nitriles is 1. The number of ketones is 1. The van der Waals surface area contributed by atoms with E-state index in [2.05, 4.69) is 10.9 Å². The number of hydrogen-bond donors (Lipinski definition) is 0. The summed E-state index contributed by atoms with van der Waals surface area (Å²) >= 11 is 0. The molecule has 1 aromatic carbocycles. The molecule has 6 nitrogen and oxygen atoms in total. The molecule has 0 unspecified atom stereocenters. The van der Waals surface area contributed by atoms with Gasteiger partial charge in [-0.05, 0) is 29.7 Å². The fourth-order valence-electron chi connectivity index (χ4n) is 3.59. The lowest BCUT2D eigenvalue weighted by molar-refractivity contribution is -0.118. The number of aromatic nitrogens is 2. The topological polar surface area (TPSA) is 79.0 Å². The molecule has 0 N–H and O–H groups in total. The van der Waals surface area contributed by atoms with Gasteiger partial charge >= 0.3 is 0 Å². The Kier molecular flexibility index (Phi) is 4.58. The number of rotatable bonds is 4. The van der Waals surface area contributed by atoms with E-state index in [4.69, 9.17) is 6.42 Å². The van der Waals surface area contributed by atoms with Crippen LogP contribution in [0.15, 0.2) is 47.5 Å². The Balaban J connectivity index is 1.84. The fourth-order valence-corrected chi connectivity index (χ4v) is 3.59. The minimum atomic E-state index is -0.447. The molecule has 29 heavy (non-hydrogen) atoms. The van der Waals surface area contributed by atoms with Crippen LogP contribution in [-0.2, 0) is 11.3 Å². The molecule has 0 atom stereocenters. The minimum Gasteiger partial charge on any atom is -0.368 e. The Hall–Kier alpha value is -3.97. The number of carbonyl (C=O) groups excluding carboxylic acids is 1. The lowest BCUT2D eigenvalue weighted by atomic mass is 9.93. The van der Waals surface area contributed by atoms with E-state index in [0.717, 1.165) is 5.56 Å². The summed E-state index contributed by atoms with van der Waals surface area (Å²) < 4.78 is 14.7. The van der Waals surface area contributed by atoms with Gasteiger partial charge in [0.05, 0.1) is 23.7 Å². The molecule has 2 aromatic heterocycles. The van der Waals surface area contributed by atoms with Gasteiger partial charge in [0.2, 0.25) is 5.78 Å². The zero-order valence-electron chi connectivity index (χ0n) is 15.3. The van der Waals surface area contributed by atoms with E-state index in [9.17, 15) is 19.2 Å². The van der Waals surface area contributed by atoms with Gasteiger partial charge in [-0.1, -0.05) is 12.1 Å². The van der Waals surface area contributed by atoms with Gasteiger partial charge in [0.25, 0.3) is 5.56 Å². The highest BCUT2D eigenvalue weighted by Crippen LogP contribution is 2.33. The van der Waals surface area contributed by atoms with Crippen molar-refractivity contribution in [3.63, 3.8) is 0 Å². The highest BCUT2D eigenvalue weighted by atomic mass is 19.1. The Morgan fingerprint density at radius 3 is 2.66 bits per heavy atom. The fraction of sp³-hybridized carbons (Fsp3) is 0.182. The second-order valence-corrected chi connectivity index (χ2v) is 6.86. The van der Waals surface area contributed by atoms with Crippen LogP contribution in [0.1, 0.15) is 11.1 Å². The van der Waals surface area contributed by atoms with E-state index in [1.807, 2.05) is 11.0 Å². The first-order valence-electron chi connectivity index (χ1n) is 8.94. The number of Topliss-reactive ketones (excluding diaryl/α,β-unsaturated/α-hetero) is 1.